The molecule has 0 bridgehead atoms. The molecule has 0 N–H and O–H groups in total. The highest BCUT2D eigenvalue weighted by Gasteiger charge is 1.93. The highest BCUT2D eigenvalue weighted by molar-refractivity contribution is 9.10. The van der Waals surface area contributed by atoms with Gasteiger partial charge in [0.25, 0.3) is 0 Å². The Hall–Kier alpha value is -1.25. The largest absolute Gasteiger partial charge is 0.0899 e. The summed E-state index contributed by atoms with van der Waals surface area (Å²) in [5.74, 6) is 0. The first-order valence-corrected chi connectivity index (χ1v) is 4.97. The Morgan fingerprint density at radius 1 is 1.57 bits per heavy atom. The van der Waals surface area contributed by atoms with Gasteiger partial charge < -0.3 is 0 Å². The fourth-order valence-corrected chi connectivity index (χ4v) is 1.38. The fraction of sp³-hybridized carbons (Fsp3) is 0.200. The first kappa shape index (κ1) is 10.8. The van der Waals surface area contributed by atoms with Gasteiger partial charge in [-0.2, -0.15) is 0 Å². The molecule has 0 fully saturated rings. The molecule has 0 spiro atoms. The van der Waals surface area contributed by atoms with E-state index in [9.17, 15) is 0 Å². The van der Waals surface area contributed by atoms with E-state index in [-0.39, 0.29) is 0 Å². The van der Waals surface area contributed by atoms with Crippen LogP contribution in [-0.2, 0) is 0 Å². The molecule has 1 rings (SSSR count). The molecule has 0 aromatic heterocycles. The smallest absolute Gasteiger partial charge is 0.0443 e. The molecule has 0 atom stereocenters. The number of hydrogen-bond donors (Lipinski definition) is 0. The number of rotatable bonds is 3. The van der Waals surface area contributed by atoms with E-state index < -0.39 is 0 Å². The van der Waals surface area contributed by atoms with Crippen LogP contribution in [0.3, 0.4) is 0 Å². The molecule has 0 aliphatic heterocycles. The third-order valence-electron chi connectivity index (χ3n) is 1.76. The van der Waals surface area contributed by atoms with Crippen molar-refractivity contribution in [2.24, 2.45) is 5.11 Å². The summed E-state index contributed by atoms with van der Waals surface area (Å²) in [4.78, 5) is 2.66. The number of halogens is 1. The summed E-state index contributed by atoms with van der Waals surface area (Å²) in [6, 6.07) is 6.09. The fourth-order valence-electron chi connectivity index (χ4n) is 0.985. The van der Waals surface area contributed by atoms with Crippen molar-refractivity contribution < 1.29 is 0 Å². The second kappa shape index (κ2) is 5.47. The van der Waals surface area contributed by atoms with E-state index in [1.807, 2.05) is 37.3 Å². The lowest BCUT2D eigenvalue weighted by atomic mass is 10.1. The van der Waals surface area contributed by atoms with Crippen LogP contribution >= 0.6 is 15.9 Å². The quantitative estimate of drug-likeness (QED) is 0.442. The molecule has 14 heavy (non-hydrogen) atoms. The van der Waals surface area contributed by atoms with Crippen LogP contribution in [-0.4, -0.2) is 6.54 Å². The van der Waals surface area contributed by atoms with Gasteiger partial charge in [-0.15, -0.1) is 0 Å². The minimum atomic E-state index is 0.391. The molecule has 72 valence electrons. The van der Waals surface area contributed by atoms with Gasteiger partial charge in [-0.3, -0.25) is 0 Å². The monoisotopic (exact) mass is 251 g/mol. The SMILES string of the molecule is Cc1ccc(C=CCN=[N+]=[N-])cc1Br. The first-order valence-electron chi connectivity index (χ1n) is 4.17. The molecule has 0 unspecified atom stereocenters. The maximum absolute atomic E-state index is 8.06. The van der Waals surface area contributed by atoms with Crippen LogP contribution in [0, 0.1) is 6.92 Å². The molecular formula is C10H10BrN3. The molecule has 0 heterocycles. The minimum Gasteiger partial charge on any atom is -0.0899 e. The predicted octanol–water partition coefficient (Wildman–Crippen LogP) is 4.08. The summed E-state index contributed by atoms with van der Waals surface area (Å²) < 4.78 is 1.09. The number of aryl methyl sites for hydroxylation is 1. The highest BCUT2D eigenvalue weighted by atomic mass is 79.9. The molecule has 0 saturated heterocycles. The lowest BCUT2D eigenvalue weighted by molar-refractivity contribution is 1.22. The Labute approximate surface area is 91.2 Å². The molecule has 1 aromatic rings. The average Bonchev–Trinajstić information content (AvgIpc) is 2.18. The van der Waals surface area contributed by atoms with E-state index in [0.29, 0.717) is 6.54 Å². The standard InChI is InChI=1S/C10H10BrN3/c1-8-4-5-9(7-10(8)11)3-2-6-13-14-12/h2-5,7H,6H2,1H3. The summed E-state index contributed by atoms with van der Waals surface area (Å²) in [5, 5.41) is 3.41. The third kappa shape index (κ3) is 3.24. The Bertz CT molecular complexity index is 392. The highest BCUT2D eigenvalue weighted by Crippen LogP contribution is 2.18. The van der Waals surface area contributed by atoms with Crippen LogP contribution in [0.5, 0.6) is 0 Å². The van der Waals surface area contributed by atoms with Gasteiger partial charge in [-0.1, -0.05) is 45.3 Å². The van der Waals surface area contributed by atoms with Crippen LogP contribution in [0.1, 0.15) is 11.1 Å². The van der Waals surface area contributed by atoms with E-state index in [4.69, 9.17) is 5.53 Å². The summed E-state index contributed by atoms with van der Waals surface area (Å²) in [7, 11) is 0. The van der Waals surface area contributed by atoms with Crippen LogP contribution < -0.4 is 0 Å². The Balaban J connectivity index is 2.72. The molecular weight excluding hydrogens is 242 g/mol. The Kier molecular flexibility index (Phi) is 4.23. The summed E-state index contributed by atoms with van der Waals surface area (Å²) >= 11 is 3.45. The normalized spacial score (nSPS) is 10.1. The van der Waals surface area contributed by atoms with Gasteiger partial charge in [-0.05, 0) is 29.6 Å². The molecule has 4 heteroatoms. The van der Waals surface area contributed by atoms with E-state index in [2.05, 4.69) is 26.0 Å². The van der Waals surface area contributed by atoms with Gasteiger partial charge in [0, 0.05) is 15.9 Å². The molecule has 3 nitrogen and oxygen atoms in total. The van der Waals surface area contributed by atoms with E-state index in [1.165, 1.54) is 5.56 Å². The molecule has 0 aliphatic rings. The summed E-state index contributed by atoms with van der Waals surface area (Å²) in [5.41, 5.74) is 10.4. The number of hydrogen-bond acceptors (Lipinski definition) is 1. The van der Waals surface area contributed by atoms with Crippen molar-refractivity contribution in [3.05, 3.63) is 50.3 Å². The lowest BCUT2D eigenvalue weighted by Crippen LogP contribution is -1.78. The number of nitrogens with zero attached hydrogens (tertiary/aromatic N) is 3. The zero-order valence-electron chi connectivity index (χ0n) is 7.81. The summed E-state index contributed by atoms with van der Waals surface area (Å²) in [6.07, 6.45) is 3.76. The zero-order chi connectivity index (χ0) is 10.4. The molecule has 0 saturated carbocycles. The maximum atomic E-state index is 8.06. The second-order valence-electron chi connectivity index (χ2n) is 2.82. The van der Waals surface area contributed by atoms with Gasteiger partial charge >= 0.3 is 0 Å². The number of benzene rings is 1. The predicted molar refractivity (Wildman–Crippen MR) is 61.9 cm³/mol. The third-order valence-corrected chi connectivity index (χ3v) is 2.61. The lowest BCUT2D eigenvalue weighted by Gasteiger charge is -1.98. The summed E-state index contributed by atoms with van der Waals surface area (Å²) in [6.45, 7) is 2.43. The van der Waals surface area contributed by atoms with E-state index >= 15 is 0 Å². The molecule has 1 aromatic carbocycles. The van der Waals surface area contributed by atoms with Gasteiger partial charge in [0.2, 0.25) is 0 Å². The first-order chi connectivity index (χ1) is 6.74. The van der Waals surface area contributed by atoms with Crippen LogP contribution in [0.15, 0.2) is 33.9 Å². The minimum absolute atomic E-state index is 0.391. The maximum Gasteiger partial charge on any atom is 0.0443 e. The second-order valence-corrected chi connectivity index (χ2v) is 3.68. The van der Waals surface area contributed by atoms with Crippen LogP contribution in [0.4, 0.5) is 0 Å². The van der Waals surface area contributed by atoms with Crippen molar-refractivity contribution in [1.82, 2.24) is 0 Å². The average molecular weight is 252 g/mol. The van der Waals surface area contributed by atoms with Crippen molar-refractivity contribution in [2.45, 2.75) is 6.92 Å². The van der Waals surface area contributed by atoms with Crippen LogP contribution in [0.25, 0.3) is 16.5 Å². The van der Waals surface area contributed by atoms with E-state index in [1.54, 1.807) is 0 Å². The zero-order valence-corrected chi connectivity index (χ0v) is 9.40. The Morgan fingerprint density at radius 2 is 2.36 bits per heavy atom. The molecule has 0 radical (unpaired) electrons. The van der Waals surface area contributed by atoms with Crippen LogP contribution in [0.2, 0.25) is 0 Å². The van der Waals surface area contributed by atoms with Crippen molar-refractivity contribution in [3.63, 3.8) is 0 Å². The molecule has 0 aliphatic carbocycles. The van der Waals surface area contributed by atoms with Crippen molar-refractivity contribution in [1.29, 1.82) is 0 Å². The van der Waals surface area contributed by atoms with Gasteiger partial charge in [0.05, 0.1) is 0 Å². The van der Waals surface area contributed by atoms with Crippen molar-refractivity contribution >= 4 is 22.0 Å². The molecule has 0 amide bonds. The number of azide groups is 1. The topological polar surface area (TPSA) is 48.8 Å². The van der Waals surface area contributed by atoms with Gasteiger partial charge in [0.1, 0.15) is 0 Å². The Morgan fingerprint density at radius 3 is 3.00 bits per heavy atom. The van der Waals surface area contributed by atoms with Gasteiger partial charge in [-0.25, -0.2) is 0 Å². The van der Waals surface area contributed by atoms with Crippen molar-refractivity contribution in [2.75, 3.05) is 6.54 Å². The van der Waals surface area contributed by atoms with Gasteiger partial charge in [0.15, 0.2) is 0 Å². The van der Waals surface area contributed by atoms with E-state index in [0.717, 1.165) is 10.0 Å². The van der Waals surface area contributed by atoms with Crippen molar-refractivity contribution in [3.8, 4) is 0 Å².